The maximum atomic E-state index is 10.7. The van der Waals surface area contributed by atoms with Crippen LogP contribution in [0.25, 0.3) is 0 Å². The molecule has 6 heteroatoms. The van der Waals surface area contributed by atoms with Crippen molar-refractivity contribution in [3.8, 4) is 5.48 Å². The third kappa shape index (κ3) is 4.59. The maximum Gasteiger partial charge on any atom is 0.269 e. The highest BCUT2D eigenvalue weighted by atomic mass is 31.0. The molecule has 2 unspecified atom stereocenters. The Morgan fingerprint density at radius 2 is 1.90 bits per heavy atom. The zero-order chi connectivity index (χ0) is 15.5. The zero-order valence-corrected chi connectivity index (χ0v) is 13.4. The molecular weight excluding hydrogens is 287 g/mol. The summed E-state index contributed by atoms with van der Waals surface area (Å²) in [6.07, 6.45) is -0.107. The summed E-state index contributed by atoms with van der Waals surface area (Å²) in [4.78, 5) is 10.4. The van der Waals surface area contributed by atoms with Gasteiger partial charge in [0.1, 0.15) is 12.0 Å². The van der Waals surface area contributed by atoms with Gasteiger partial charge < -0.3 is 9.22 Å². The molecule has 21 heavy (non-hydrogen) atoms. The fourth-order valence-corrected chi connectivity index (χ4v) is 2.82. The molecule has 0 fully saturated rings. The van der Waals surface area contributed by atoms with Crippen molar-refractivity contribution in [2.75, 3.05) is 27.7 Å². The summed E-state index contributed by atoms with van der Waals surface area (Å²) in [7, 11) is 6.87. The van der Waals surface area contributed by atoms with Crippen LogP contribution in [-0.4, -0.2) is 37.1 Å². The molecule has 0 aliphatic rings. The van der Waals surface area contributed by atoms with Crippen LogP contribution in [0, 0.1) is 10.1 Å². The average Bonchev–Trinajstić information content (AvgIpc) is 2.89. The summed E-state index contributed by atoms with van der Waals surface area (Å²) in [5.41, 5.74) is 2.03. The Bertz CT molecular complexity index is 588. The predicted octanol–water partition coefficient (Wildman–Crippen LogP) is 3.45. The van der Waals surface area contributed by atoms with Gasteiger partial charge in [-0.3, -0.25) is 10.1 Å². The molecule has 2 aromatic rings. The van der Waals surface area contributed by atoms with Gasteiger partial charge in [-0.05, 0) is 29.6 Å². The van der Waals surface area contributed by atoms with E-state index in [1.54, 1.807) is 12.1 Å². The first-order chi connectivity index (χ1) is 9.85. The van der Waals surface area contributed by atoms with Crippen molar-refractivity contribution in [3.05, 3.63) is 57.9 Å². The number of non-ortho nitro benzene ring substituents is 1. The second-order valence-electron chi connectivity index (χ2n) is 5.96. The van der Waals surface area contributed by atoms with Crippen LogP contribution in [0.5, 0.6) is 5.48 Å². The molecule has 0 radical (unpaired) electrons. The molecule has 0 saturated heterocycles. The first kappa shape index (κ1) is 15.5. The first-order valence-corrected chi connectivity index (χ1v) is 7.78. The van der Waals surface area contributed by atoms with Gasteiger partial charge in [0.2, 0.25) is 0 Å². The summed E-state index contributed by atoms with van der Waals surface area (Å²) in [6.45, 7) is 0.791. The topological polar surface area (TPSA) is 52.4 Å². The van der Waals surface area contributed by atoms with Crippen LogP contribution in [0.4, 0.5) is 5.69 Å². The summed E-state index contributed by atoms with van der Waals surface area (Å²) >= 11 is 0. The lowest BCUT2D eigenvalue weighted by Gasteiger charge is -2.29. The average molecular weight is 307 g/mol. The first-order valence-electron chi connectivity index (χ1n) is 6.70. The number of hydrogen-bond donors (Lipinski definition) is 0. The molecule has 1 heterocycles. The van der Waals surface area contributed by atoms with E-state index >= 15 is 0 Å². The minimum atomic E-state index is -0.385. The standard InChI is InChI=1S/C15H20N2O3P/c1-17(2,3)11-14(20-15-5-4-10-21-15)12-6-8-13(9-7-12)16(18)19/h4-10,14,21H,11H2,1-3H3/q+1. The molecule has 0 bridgehead atoms. The van der Waals surface area contributed by atoms with Crippen molar-refractivity contribution in [1.82, 2.24) is 0 Å². The van der Waals surface area contributed by atoms with E-state index in [1.807, 2.05) is 12.1 Å². The Morgan fingerprint density at radius 1 is 1.24 bits per heavy atom. The number of nitro groups is 1. The number of nitro benzene ring substituents is 1. The lowest BCUT2D eigenvalue weighted by atomic mass is 10.1. The fraction of sp³-hybridized carbons (Fsp3) is 0.333. The minimum absolute atomic E-state index is 0.103. The van der Waals surface area contributed by atoms with Crippen LogP contribution >= 0.6 is 8.19 Å². The van der Waals surface area contributed by atoms with Gasteiger partial charge >= 0.3 is 0 Å². The number of quaternary nitrogens is 1. The lowest BCUT2D eigenvalue weighted by molar-refractivity contribution is -0.873. The van der Waals surface area contributed by atoms with Crippen molar-refractivity contribution < 1.29 is 14.1 Å². The molecule has 1 aromatic heterocycles. The van der Waals surface area contributed by atoms with E-state index in [0.29, 0.717) is 8.19 Å². The van der Waals surface area contributed by atoms with Gasteiger partial charge in [-0.1, -0.05) is 14.3 Å². The monoisotopic (exact) mass is 307 g/mol. The Labute approximate surface area is 126 Å². The van der Waals surface area contributed by atoms with Crippen LogP contribution < -0.4 is 4.74 Å². The molecule has 1 aromatic carbocycles. The van der Waals surface area contributed by atoms with E-state index in [-0.39, 0.29) is 16.7 Å². The quantitative estimate of drug-likeness (QED) is 0.466. The van der Waals surface area contributed by atoms with Crippen molar-refractivity contribution in [1.29, 1.82) is 0 Å². The third-order valence-electron chi connectivity index (χ3n) is 3.03. The Morgan fingerprint density at radius 3 is 2.38 bits per heavy atom. The molecular formula is C15H20N2O3P+. The number of ether oxygens (including phenoxy) is 1. The highest BCUT2D eigenvalue weighted by molar-refractivity contribution is 7.31. The highest BCUT2D eigenvalue weighted by Gasteiger charge is 2.22. The van der Waals surface area contributed by atoms with E-state index in [2.05, 4.69) is 26.9 Å². The van der Waals surface area contributed by atoms with Crippen LogP contribution in [0.15, 0.2) is 42.2 Å². The van der Waals surface area contributed by atoms with Crippen molar-refractivity contribution in [3.63, 3.8) is 0 Å². The summed E-state index contributed by atoms with van der Waals surface area (Å²) < 4.78 is 6.85. The Kier molecular flexibility index (Phi) is 4.66. The third-order valence-corrected chi connectivity index (χ3v) is 3.96. The Balaban J connectivity index is 2.23. The Hall–Kier alpha value is -1.84. The van der Waals surface area contributed by atoms with Gasteiger partial charge in [-0.25, -0.2) is 0 Å². The molecule has 2 rings (SSSR count). The number of nitrogens with zero attached hydrogens (tertiary/aromatic N) is 2. The van der Waals surface area contributed by atoms with E-state index < -0.39 is 0 Å². The SMILES string of the molecule is C[N+](C)(C)CC(Oc1ccc[pH]1)c1ccc([N+](=O)[O-])cc1. The molecule has 5 nitrogen and oxygen atoms in total. The van der Waals surface area contributed by atoms with E-state index in [1.165, 1.54) is 12.1 Å². The molecule has 0 spiro atoms. The number of hydrogen-bond acceptors (Lipinski definition) is 3. The molecule has 0 saturated carbocycles. The van der Waals surface area contributed by atoms with Crippen LogP contribution in [-0.2, 0) is 0 Å². The van der Waals surface area contributed by atoms with Gasteiger partial charge in [-0.2, -0.15) is 0 Å². The van der Waals surface area contributed by atoms with Gasteiger partial charge in [0.05, 0.1) is 26.1 Å². The molecule has 112 valence electrons. The smallest absolute Gasteiger partial charge is 0.269 e. The van der Waals surface area contributed by atoms with E-state index in [0.717, 1.165) is 22.1 Å². The summed E-state index contributed by atoms with van der Waals surface area (Å²) in [5.74, 6) is 2.08. The normalized spacial score (nSPS) is 13.3. The van der Waals surface area contributed by atoms with Crippen molar-refractivity contribution in [2.45, 2.75) is 6.10 Å². The molecule has 2 atom stereocenters. The number of benzene rings is 1. The summed E-state index contributed by atoms with van der Waals surface area (Å²) in [6, 6.07) is 10.6. The summed E-state index contributed by atoms with van der Waals surface area (Å²) in [5, 5.41) is 10.7. The lowest BCUT2D eigenvalue weighted by Crippen LogP contribution is -2.39. The highest BCUT2D eigenvalue weighted by Crippen LogP contribution is 2.31. The molecule has 0 aliphatic heterocycles. The number of rotatable bonds is 6. The second-order valence-corrected chi connectivity index (χ2v) is 7.08. The van der Waals surface area contributed by atoms with Crippen molar-refractivity contribution >= 4 is 13.9 Å². The van der Waals surface area contributed by atoms with Gasteiger partial charge in [0.15, 0.2) is 6.10 Å². The molecule has 0 N–H and O–H groups in total. The molecule has 0 amide bonds. The fourth-order valence-electron chi connectivity index (χ4n) is 2.06. The van der Waals surface area contributed by atoms with Crippen LogP contribution in [0.3, 0.4) is 0 Å². The zero-order valence-electron chi connectivity index (χ0n) is 12.4. The maximum absolute atomic E-state index is 10.7. The van der Waals surface area contributed by atoms with Gasteiger partial charge in [-0.15, -0.1) is 0 Å². The minimum Gasteiger partial charge on any atom is -0.476 e. The van der Waals surface area contributed by atoms with Crippen LogP contribution in [0.1, 0.15) is 11.7 Å². The van der Waals surface area contributed by atoms with Crippen molar-refractivity contribution in [2.24, 2.45) is 0 Å². The number of likely N-dealkylation sites (N-methyl/N-ethyl adjacent to an activating group) is 1. The largest absolute Gasteiger partial charge is 0.476 e. The van der Waals surface area contributed by atoms with Crippen LogP contribution in [0.2, 0.25) is 0 Å². The molecule has 0 aliphatic carbocycles. The predicted molar refractivity (Wildman–Crippen MR) is 85.3 cm³/mol. The van der Waals surface area contributed by atoms with E-state index in [4.69, 9.17) is 4.74 Å². The van der Waals surface area contributed by atoms with Gasteiger partial charge in [0.25, 0.3) is 5.69 Å². The van der Waals surface area contributed by atoms with E-state index in [9.17, 15) is 10.1 Å². The van der Waals surface area contributed by atoms with Gasteiger partial charge in [0, 0.05) is 12.1 Å². The second kappa shape index (κ2) is 6.29.